The number of hydrogen-bond donors (Lipinski definition) is 1. The minimum atomic E-state index is -3.94. The number of anilines is 1. The van der Waals surface area contributed by atoms with Crippen LogP contribution in [0, 0.1) is 10.1 Å². The van der Waals surface area contributed by atoms with Crippen molar-refractivity contribution < 1.29 is 18.1 Å². The zero-order valence-corrected chi connectivity index (χ0v) is 12.3. The largest absolute Gasteiger partial charge is 0.294 e. The van der Waals surface area contributed by atoms with E-state index in [1.165, 1.54) is 19.1 Å². The number of carbonyl (C=O) groups excluding carboxylic acids is 1. The number of non-ortho nitro benzene ring substituents is 1. The summed E-state index contributed by atoms with van der Waals surface area (Å²) in [5, 5.41) is 10.6. The average Bonchev–Trinajstić information content (AvgIpc) is 2.47. The number of para-hydroxylation sites is 1. The van der Waals surface area contributed by atoms with Crippen LogP contribution in [-0.4, -0.2) is 19.1 Å². The van der Waals surface area contributed by atoms with Gasteiger partial charge in [-0.05, 0) is 31.2 Å². The molecule has 0 aliphatic heterocycles. The van der Waals surface area contributed by atoms with Gasteiger partial charge in [-0.2, -0.15) is 0 Å². The van der Waals surface area contributed by atoms with Gasteiger partial charge >= 0.3 is 0 Å². The van der Waals surface area contributed by atoms with Crippen LogP contribution < -0.4 is 4.72 Å². The van der Waals surface area contributed by atoms with E-state index in [0.717, 1.165) is 24.3 Å². The molecule has 0 heterocycles. The van der Waals surface area contributed by atoms with Gasteiger partial charge in [0.2, 0.25) is 0 Å². The lowest BCUT2D eigenvalue weighted by Gasteiger charge is -2.10. The molecule has 0 aliphatic rings. The molecule has 2 aromatic rings. The van der Waals surface area contributed by atoms with Crippen molar-refractivity contribution in [2.75, 3.05) is 4.72 Å². The fraction of sp³-hybridized carbons (Fsp3) is 0.0714. The standard InChI is InChI=1S/C14H12N2O5S/c1-10(17)13-4-2-3-5-14(13)15-22(20,21)12-8-6-11(7-9-12)16(18)19/h2-9,15H,1H3. The van der Waals surface area contributed by atoms with Crippen molar-refractivity contribution in [2.24, 2.45) is 0 Å². The highest BCUT2D eigenvalue weighted by Gasteiger charge is 2.18. The smallest absolute Gasteiger partial charge is 0.269 e. The quantitative estimate of drug-likeness (QED) is 0.517. The number of nitrogens with one attached hydrogen (secondary N) is 1. The predicted molar refractivity (Wildman–Crippen MR) is 80.4 cm³/mol. The van der Waals surface area contributed by atoms with Crippen molar-refractivity contribution in [2.45, 2.75) is 11.8 Å². The van der Waals surface area contributed by atoms with Crippen LogP contribution in [0.3, 0.4) is 0 Å². The van der Waals surface area contributed by atoms with Crippen LogP contribution in [0.2, 0.25) is 0 Å². The summed E-state index contributed by atoms with van der Waals surface area (Å²) in [6.45, 7) is 1.33. The summed E-state index contributed by atoms with van der Waals surface area (Å²) in [5.74, 6) is -0.276. The van der Waals surface area contributed by atoms with Gasteiger partial charge in [0, 0.05) is 17.7 Å². The van der Waals surface area contributed by atoms with Crippen LogP contribution in [0.5, 0.6) is 0 Å². The lowest BCUT2D eigenvalue weighted by molar-refractivity contribution is -0.384. The van der Waals surface area contributed by atoms with Crippen molar-refractivity contribution in [1.29, 1.82) is 0 Å². The molecule has 0 saturated carbocycles. The molecule has 0 amide bonds. The Morgan fingerprint density at radius 2 is 1.68 bits per heavy atom. The second-order valence-corrected chi connectivity index (χ2v) is 6.14. The Morgan fingerprint density at radius 1 is 1.09 bits per heavy atom. The number of Topliss-reactive ketones (excluding diaryl/α,β-unsaturated/α-hetero) is 1. The Bertz CT molecular complexity index is 829. The number of nitro benzene ring substituents is 1. The molecular weight excluding hydrogens is 308 g/mol. The molecule has 2 aromatic carbocycles. The van der Waals surface area contributed by atoms with Crippen LogP contribution >= 0.6 is 0 Å². The number of rotatable bonds is 5. The van der Waals surface area contributed by atoms with Gasteiger partial charge in [0.1, 0.15) is 0 Å². The molecule has 22 heavy (non-hydrogen) atoms. The molecule has 0 unspecified atom stereocenters. The molecule has 0 bridgehead atoms. The van der Waals surface area contributed by atoms with Crippen LogP contribution in [0.15, 0.2) is 53.4 Å². The molecule has 0 aliphatic carbocycles. The van der Waals surface area contributed by atoms with Gasteiger partial charge in [0.15, 0.2) is 5.78 Å². The molecule has 0 spiro atoms. The molecule has 1 N–H and O–H groups in total. The molecule has 0 atom stereocenters. The minimum absolute atomic E-state index is 0.128. The Hall–Kier alpha value is -2.74. The normalized spacial score (nSPS) is 11.0. The van der Waals surface area contributed by atoms with Crippen molar-refractivity contribution >= 4 is 27.2 Å². The van der Waals surface area contributed by atoms with Crippen molar-refractivity contribution in [1.82, 2.24) is 0 Å². The predicted octanol–water partition coefficient (Wildman–Crippen LogP) is 2.60. The van der Waals surface area contributed by atoms with Crippen LogP contribution in [0.25, 0.3) is 0 Å². The van der Waals surface area contributed by atoms with Gasteiger partial charge in [-0.15, -0.1) is 0 Å². The van der Waals surface area contributed by atoms with Crippen LogP contribution in [0.1, 0.15) is 17.3 Å². The number of hydrogen-bond acceptors (Lipinski definition) is 5. The minimum Gasteiger partial charge on any atom is -0.294 e. The van der Waals surface area contributed by atoms with E-state index in [2.05, 4.69) is 4.72 Å². The maximum Gasteiger partial charge on any atom is 0.269 e. The van der Waals surface area contributed by atoms with E-state index in [1.807, 2.05) is 0 Å². The summed E-state index contributed by atoms with van der Waals surface area (Å²) in [4.78, 5) is 21.3. The van der Waals surface area contributed by atoms with Gasteiger partial charge in [-0.25, -0.2) is 8.42 Å². The Morgan fingerprint density at radius 3 is 2.23 bits per heavy atom. The lowest BCUT2D eigenvalue weighted by atomic mass is 10.1. The van der Waals surface area contributed by atoms with Gasteiger partial charge in [0.25, 0.3) is 15.7 Å². The van der Waals surface area contributed by atoms with E-state index in [-0.39, 0.29) is 27.6 Å². The molecule has 0 saturated heterocycles. The first-order valence-corrected chi connectivity index (χ1v) is 7.67. The molecule has 0 fully saturated rings. The van der Waals surface area contributed by atoms with E-state index in [1.54, 1.807) is 12.1 Å². The van der Waals surface area contributed by atoms with Gasteiger partial charge in [-0.1, -0.05) is 12.1 Å². The molecule has 8 heteroatoms. The molecule has 0 aromatic heterocycles. The summed E-state index contributed by atoms with van der Waals surface area (Å²) in [5.41, 5.74) is 0.199. The van der Waals surface area contributed by atoms with Gasteiger partial charge in [0.05, 0.1) is 15.5 Å². The first-order valence-electron chi connectivity index (χ1n) is 6.18. The molecule has 2 rings (SSSR count). The third-order valence-corrected chi connectivity index (χ3v) is 4.29. The Labute approximate surface area is 126 Å². The monoisotopic (exact) mass is 320 g/mol. The number of ketones is 1. The van der Waals surface area contributed by atoms with E-state index in [4.69, 9.17) is 0 Å². The van der Waals surface area contributed by atoms with Crippen molar-refractivity contribution in [3.8, 4) is 0 Å². The van der Waals surface area contributed by atoms with Gasteiger partial charge in [-0.3, -0.25) is 19.6 Å². The number of benzene rings is 2. The summed E-state index contributed by atoms with van der Waals surface area (Å²) in [7, 11) is -3.94. The third kappa shape index (κ3) is 3.29. The highest BCUT2D eigenvalue weighted by Crippen LogP contribution is 2.22. The number of sulfonamides is 1. The van der Waals surface area contributed by atoms with Crippen LogP contribution in [-0.2, 0) is 10.0 Å². The Balaban J connectivity index is 2.36. The van der Waals surface area contributed by atoms with Gasteiger partial charge < -0.3 is 0 Å². The van der Waals surface area contributed by atoms with Crippen molar-refractivity contribution in [3.63, 3.8) is 0 Å². The number of nitro groups is 1. The molecule has 0 radical (unpaired) electrons. The highest BCUT2D eigenvalue weighted by molar-refractivity contribution is 7.92. The number of nitrogens with zero attached hydrogens (tertiary/aromatic N) is 1. The topological polar surface area (TPSA) is 106 Å². The fourth-order valence-electron chi connectivity index (χ4n) is 1.83. The van der Waals surface area contributed by atoms with Crippen molar-refractivity contribution in [3.05, 3.63) is 64.2 Å². The summed E-state index contributed by atoms with van der Waals surface area (Å²) in [6, 6.07) is 10.7. The summed E-state index contributed by atoms with van der Waals surface area (Å²) in [6.07, 6.45) is 0. The number of carbonyl (C=O) groups is 1. The third-order valence-electron chi connectivity index (χ3n) is 2.91. The van der Waals surface area contributed by atoms with E-state index in [0.29, 0.717) is 0 Å². The average molecular weight is 320 g/mol. The zero-order chi connectivity index (χ0) is 16.3. The van der Waals surface area contributed by atoms with E-state index < -0.39 is 14.9 Å². The lowest BCUT2D eigenvalue weighted by Crippen LogP contribution is -2.15. The fourth-order valence-corrected chi connectivity index (χ4v) is 2.91. The summed E-state index contributed by atoms with van der Waals surface area (Å²) >= 11 is 0. The second-order valence-electron chi connectivity index (χ2n) is 4.46. The first-order chi connectivity index (χ1) is 10.3. The highest BCUT2D eigenvalue weighted by atomic mass is 32.2. The Kier molecular flexibility index (Phi) is 4.22. The van der Waals surface area contributed by atoms with Crippen LogP contribution in [0.4, 0.5) is 11.4 Å². The van der Waals surface area contributed by atoms with E-state index >= 15 is 0 Å². The molecule has 114 valence electrons. The van der Waals surface area contributed by atoms with E-state index in [9.17, 15) is 23.3 Å². The molecular formula is C14H12N2O5S. The zero-order valence-electron chi connectivity index (χ0n) is 11.5. The summed E-state index contributed by atoms with van der Waals surface area (Å²) < 4.78 is 26.8. The first kappa shape index (κ1) is 15.6. The molecule has 7 nitrogen and oxygen atoms in total. The SMILES string of the molecule is CC(=O)c1ccccc1NS(=O)(=O)c1ccc([N+](=O)[O-])cc1. The maximum absolute atomic E-state index is 12.3. The maximum atomic E-state index is 12.3. The second kappa shape index (κ2) is 5.94.